The highest BCUT2D eigenvalue weighted by Crippen LogP contribution is 2.33. The monoisotopic (exact) mass is 344 g/mol. The van der Waals surface area contributed by atoms with Gasteiger partial charge in [-0.25, -0.2) is 4.79 Å². The molecule has 1 aliphatic rings. The normalized spacial score (nSPS) is 16.1. The second-order valence-electron chi connectivity index (χ2n) is 5.77. The van der Waals surface area contributed by atoms with E-state index in [1.807, 2.05) is 31.1 Å². The Morgan fingerprint density at radius 1 is 1.21 bits per heavy atom. The molecule has 1 aliphatic heterocycles. The minimum absolute atomic E-state index is 0.353. The van der Waals surface area contributed by atoms with Gasteiger partial charge in [0.15, 0.2) is 6.10 Å². The van der Waals surface area contributed by atoms with Crippen LogP contribution < -0.4 is 10.2 Å². The van der Waals surface area contributed by atoms with E-state index in [0.717, 1.165) is 5.56 Å². The molecule has 124 valence electrons. The highest BCUT2D eigenvalue weighted by molar-refractivity contribution is 6.34. The molecule has 0 spiro atoms. The first-order chi connectivity index (χ1) is 11.5. The topological polar surface area (TPSA) is 58.6 Å². The molecule has 6 heteroatoms. The molecule has 0 unspecified atom stereocenters. The number of amides is 1. The summed E-state index contributed by atoms with van der Waals surface area (Å²) in [6, 6.07) is 12.4. The third-order valence-electron chi connectivity index (χ3n) is 3.88. The first-order valence-electron chi connectivity index (χ1n) is 7.53. The van der Waals surface area contributed by atoms with Crippen molar-refractivity contribution < 1.29 is 14.3 Å². The Balaban J connectivity index is 1.82. The number of nitrogens with zero attached hydrogens (tertiary/aromatic N) is 1. The maximum absolute atomic E-state index is 12.6. The Hall–Kier alpha value is -2.53. The number of carbonyl (C=O) groups is 2. The van der Waals surface area contributed by atoms with Gasteiger partial charge in [-0.2, -0.15) is 0 Å². The number of esters is 1. The largest absolute Gasteiger partial charge is 0.448 e. The number of nitrogens with one attached hydrogen (secondary N) is 1. The van der Waals surface area contributed by atoms with Crippen molar-refractivity contribution in [3.63, 3.8) is 0 Å². The lowest BCUT2D eigenvalue weighted by Crippen LogP contribution is -2.38. The zero-order valence-corrected chi connectivity index (χ0v) is 14.1. The van der Waals surface area contributed by atoms with Crippen LogP contribution in [0.3, 0.4) is 0 Å². The van der Waals surface area contributed by atoms with Crippen molar-refractivity contribution in [3.05, 3.63) is 58.6 Å². The Morgan fingerprint density at radius 3 is 2.71 bits per heavy atom. The number of carbonyl (C=O) groups excluding carboxylic acids is 2. The van der Waals surface area contributed by atoms with E-state index in [9.17, 15) is 9.59 Å². The van der Waals surface area contributed by atoms with Gasteiger partial charge in [0.1, 0.15) is 0 Å². The fourth-order valence-corrected chi connectivity index (χ4v) is 3.11. The Morgan fingerprint density at radius 2 is 1.96 bits per heavy atom. The maximum Gasteiger partial charge on any atom is 0.339 e. The molecule has 5 nitrogen and oxygen atoms in total. The van der Waals surface area contributed by atoms with E-state index in [0.29, 0.717) is 28.4 Å². The lowest BCUT2D eigenvalue weighted by atomic mass is 9.98. The van der Waals surface area contributed by atoms with Crippen LogP contribution in [0.1, 0.15) is 15.9 Å². The molecule has 0 saturated carbocycles. The molecular weight excluding hydrogens is 328 g/mol. The van der Waals surface area contributed by atoms with E-state index in [4.69, 9.17) is 16.3 Å². The smallest absolute Gasteiger partial charge is 0.339 e. The molecule has 0 saturated heterocycles. The van der Waals surface area contributed by atoms with Crippen molar-refractivity contribution in [2.75, 3.05) is 24.3 Å². The number of halogens is 1. The van der Waals surface area contributed by atoms with Crippen LogP contribution in [0.5, 0.6) is 0 Å². The highest BCUT2D eigenvalue weighted by Gasteiger charge is 2.31. The molecule has 2 aromatic carbocycles. The van der Waals surface area contributed by atoms with Crippen molar-refractivity contribution in [1.29, 1.82) is 0 Å². The molecule has 0 radical (unpaired) electrons. The van der Waals surface area contributed by atoms with Gasteiger partial charge >= 0.3 is 5.97 Å². The van der Waals surface area contributed by atoms with E-state index in [-0.39, 0.29) is 5.91 Å². The Labute approximate surface area is 145 Å². The second kappa shape index (κ2) is 6.53. The molecule has 1 N–H and O–H groups in total. The summed E-state index contributed by atoms with van der Waals surface area (Å²) in [5, 5.41) is 3.34. The summed E-state index contributed by atoms with van der Waals surface area (Å²) < 4.78 is 5.28. The van der Waals surface area contributed by atoms with Crippen molar-refractivity contribution in [3.8, 4) is 0 Å². The molecule has 24 heavy (non-hydrogen) atoms. The molecular formula is C18H17ClN2O3. The van der Waals surface area contributed by atoms with Crippen molar-refractivity contribution in [1.82, 2.24) is 0 Å². The predicted octanol–water partition coefficient (Wildman–Crippen LogP) is 3.13. The highest BCUT2D eigenvalue weighted by atomic mass is 35.5. The Kier molecular flexibility index (Phi) is 4.44. The van der Waals surface area contributed by atoms with E-state index >= 15 is 0 Å². The zero-order chi connectivity index (χ0) is 17.3. The molecule has 0 bridgehead atoms. The number of benzene rings is 2. The van der Waals surface area contributed by atoms with Crippen molar-refractivity contribution in [2.45, 2.75) is 12.5 Å². The van der Waals surface area contributed by atoms with Gasteiger partial charge in [-0.1, -0.05) is 35.9 Å². The summed E-state index contributed by atoms with van der Waals surface area (Å²) in [4.78, 5) is 26.4. The average molecular weight is 345 g/mol. The predicted molar refractivity (Wildman–Crippen MR) is 93.8 cm³/mol. The van der Waals surface area contributed by atoms with Crippen LogP contribution in [0.2, 0.25) is 5.02 Å². The molecule has 3 rings (SSSR count). The molecule has 1 amide bonds. The van der Waals surface area contributed by atoms with Crippen molar-refractivity contribution in [2.24, 2.45) is 0 Å². The third-order valence-corrected chi connectivity index (χ3v) is 4.18. The SMILES string of the molecule is CN(C)c1c(Cl)cccc1NC(=O)[C@H]1Cc2ccccc2C(=O)O1. The van der Waals surface area contributed by atoms with Gasteiger partial charge in [-0.15, -0.1) is 0 Å². The van der Waals surface area contributed by atoms with Crippen LogP contribution in [-0.2, 0) is 16.0 Å². The third kappa shape index (κ3) is 3.08. The first-order valence-corrected chi connectivity index (χ1v) is 7.90. The summed E-state index contributed by atoms with van der Waals surface area (Å²) in [6.45, 7) is 0. The van der Waals surface area contributed by atoms with Gasteiger partial charge in [0.05, 0.1) is 22.0 Å². The van der Waals surface area contributed by atoms with Crippen LogP contribution in [0.4, 0.5) is 11.4 Å². The van der Waals surface area contributed by atoms with Gasteiger partial charge in [-0.3, -0.25) is 4.79 Å². The van der Waals surface area contributed by atoms with Crippen LogP contribution in [0.15, 0.2) is 42.5 Å². The Bertz CT molecular complexity index is 805. The number of hydrogen-bond acceptors (Lipinski definition) is 4. The molecule has 0 fully saturated rings. The second-order valence-corrected chi connectivity index (χ2v) is 6.18. The number of fused-ring (bicyclic) bond motifs is 1. The zero-order valence-electron chi connectivity index (χ0n) is 13.4. The molecule has 1 atom stereocenters. The summed E-state index contributed by atoms with van der Waals surface area (Å²) in [6.07, 6.45) is -0.507. The van der Waals surface area contributed by atoms with Crippen molar-refractivity contribution >= 4 is 34.9 Å². The standard InChI is InChI=1S/C18H17ClN2O3/c1-21(2)16-13(19)8-5-9-14(16)20-17(22)15-10-11-6-3-4-7-12(11)18(23)24-15/h3-9,15H,10H2,1-2H3,(H,20,22)/t15-/m1/s1. The van der Waals surface area contributed by atoms with E-state index in [1.54, 1.807) is 30.3 Å². The number of para-hydroxylation sites is 1. The van der Waals surface area contributed by atoms with Gasteiger partial charge in [0.2, 0.25) is 0 Å². The average Bonchev–Trinajstić information content (AvgIpc) is 2.54. The van der Waals surface area contributed by atoms with Crippen LogP contribution in [0, 0.1) is 0 Å². The number of rotatable bonds is 3. The molecule has 1 heterocycles. The molecule has 0 aliphatic carbocycles. The van der Waals surface area contributed by atoms with E-state index in [2.05, 4.69) is 5.32 Å². The summed E-state index contributed by atoms with van der Waals surface area (Å²) >= 11 is 6.21. The number of hydrogen-bond donors (Lipinski definition) is 1. The minimum atomic E-state index is -0.860. The lowest BCUT2D eigenvalue weighted by molar-refractivity contribution is -0.125. The first kappa shape index (κ1) is 16.3. The van der Waals surface area contributed by atoms with E-state index in [1.165, 1.54) is 0 Å². The number of cyclic esters (lactones) is 1. The number of ether oxygens (including phenoxy) is 1. The fraction of sp³-hybridized carbons (Fsp3) is 0.222. The lowest BCUT2D eigenvalue weighted by Gasteiger charge is -2.25. The van der Waals surface area contributed by atoms with Gasteiger partial charge in [0.25, 0.3) is 5.91 Å². The van der Waals surface area contributed by atoms with Crippen LogP contribution >= 0.6 is 11.6 Å². The molecule has 2 aromatic rings. The summed E-state index contributed by atoms with van der Waals surface area (Å²) in [5.74, 6) is -0.848. The van der Waals surface area contributed by atoms with Gasteiger partial charge in [-0.05, 0) is 23.8 Å². The summed E-state index contributed by atoms with van der Waals surface area (Å²) in [5.41, 5.74) is 2.61. The quantitative estimate of drug-likeness (QED) is 0.869. The van der Waals surface area contributed by atoms with Gasteiger partial charge < -0.3 is 15.0 Å². The maximum atomic E-state index is 12.6. The summed E-state index contributed by atoms with van der Waals surface area (Å²) in [7, 11) is 3.68. The van der Waals surface area contributed by atoms with Gasteiger partial charge in [0, 0.05) is 20.5 Å². The van der Waals surface area contributed by atoms with Crippen LogP contribution in [0.25, 0.3) is 0 Å². The number of anilines is 2. The van der Waals surface area contributed by atoms with Crippen LogP contribution in [-0.4, -0.2) is 32.1 Å². The fourth-order valence-electron chi connectivity index (χ4n) is 2.76. The minimum Gasteiger partial charge on any atom is -0.448 e. The molecule has 0 aromatic heterocycles. The van der Waals surface area contributed by atoms with E-state index < -0.39 is 12.1 Å².